The summed E-state index contributed by atoms with van der Waals surface area (Å²) in [4.78, 5) is 12.5. The van der Waals surface area contributed by atoms with Gasteiger partial charge in [0.1, 0.15) is 4.21 Å². The third-order valence-corrected chi connectivity index (χ3v) is 6.29. The van der Waals surface area contributed by atoms with Gasteiger partial charge in [0.15, 0.2) is 14.8 Å². The van der Waals surface area contributed by atoms with Crippen LogP contribution in [-0.4, -0.2) is 45.4 Å². The molecule has 0 radical (unpaired) electrons. The zero-order chi connectivity index (χ0) is 15.6. The molecule has 1 aliphatic heterocycles. The highest BCUT2D eigenvalue weighted by molar-refractivity contribution is 7.92. The number of sulfone groups is 1. The van der Waals surface area contributed by atoms with Crippen molar-refractivity contribution in [2.45, 2.75) is 30.1 Å². The second-order valence-corrected chi connectivity index (χ2v) is 8.22. The normalized spacial score (nSPS) is 19.7. The zero-order valence-corrected chi connectivity index (χ0v) is 13.6. The van der Waals surface area contributed by atoms with E-state index in [-0.39, 0.29) is 16.0 Å². The van der Waals surface area contributed by atoms with Gasteiger partial charge in [-0.05, 0) is 19.8 Å². The number of nitrogens with zero attached hydrogens (tertiary/aromatic N) is 2. The van der Waals surface area contributed by atoms with Gasteiger partial charge in [-0.25, -0.2) is 8.42 Å². The third-order valence-electron chi connectivity index (χ3n) is 3.30. The molecule has 0 aromatic carbocycles. The fourth-order valence-corrected chi connectivity index (χ4v) is 4.45. The highest BCUT2D eigenvalue weighted by Gasteiger charge is 2.30. The van der Waals surface area contributed by atoms with Crippen LogP contribution in [0.3, 0.4) is 0 Å². The number of piperidine rings is 1. The molecular weight excluding hydrogens is 316 g/mol. The molecular formula is C12H18N2O5S2. The molecule has 2 heterocycles. The molecule has 1 atom stereocenters. The van der Waals surface area contributed by atoms with Crippen LogP contribution in [0.15, 0.2) is 10.3 Å². The lowest BCUT2D eigenvalue weighted by atomic mass is 10.1. The number of anilines is 1. The highest BCUT2D eigenvalue weighted by atomic mass is 32.2. The number of nitro groups is 1. The van der Waals surface area contributed by atoms with E-state index in [1.54, 1.807) is 0 Å². The van der Waals surface area contributed by atoms with Gasteiger partial charge in [0, 0.05) is 32.0 Å². The minimum absolute atomic E-state index is 0.0303. The monoisotopic (exact) mass is 334 g/mol. The van der Waals surface area contributed by atoms with Crippen LogP contribution >= 0.6 is 11.3 Å². The van der Waals surface area contributed by atoms with Crippen LogP contribution in [0.2, 0.25) is 0 Å². The highest BCUT2D eigenvalue weighted by Crippen LogP contribution is 2.40. The summed E-state index contributed by atoms with van der Waals surface area (Å²) in [6, 6.07) is 1.15. The SMILES string of the molecule is CCOC1CCCN(c2sc(S(C)(=O)=O)cc2[N+](=O)[O-])C1. The van der Waals surface area contributed by atoms with E-state index >= 15 is 0 Å². The fourth-order valence-electron chi connectivity index (χ4n) is 2.38. The number of thiophene rings is 1. The van der Waals surface area contributed by atoms with Gasteiger partial charge in [-0.3, -0.25) is 10.1 Å². The van der Waals surface area contributed by atoms with E-state index < -0.39 is 14.8 Å². The smallest absolute Gasteiger partial charge is 0.305 e. The number of hydrogen-bond donors (Lipinski definition) is 0. The molecule has 118 valence electrons. The minimum atomic E-state index is -3.44. The van der Waals surface area contributed by atoms with Gasteiger partial charge in [-0.15, -0.1) is 0 Å². The van der Waals surface area contributed by atoms with Crippen molar-refractivity contribution >= 4 is 31.9 Å². The van der Waals surface area contributed by atoms with E-state index in [1.807, 2.05) is 11.8 Å². The van der Waals surface area contributed by atoms with E-state index in [1.165, 1.54) is 0 Å². The van der Waals surface area contributed by atoms with Gasteiger partial charge in [-0.2, -0.15) is 0 Å². The topological polar surface area (TPSA) is 89.8 Å². The van der Waals surface area contributed by atoms with Gasteiger partial charge >= 0.3 is 5.69 Å². The lowest BCUT2D eigenvalue weighted by Crippen LogP contribution is -2.39. The maximum atomic E-state index is 11.6. The van der Waals surface area contributed by atoms with Crippen molar-refractivity contribution in [3.8, 4) is 0 Å². The Labute approximate surface area is 127 Å². The summed E-state index contributed by atoms with van der Waals surface area (Å²) >= 11 is 0.962. The molecule has 0 saturated carbocycles. The quantitative estimate of drug-likeness (QED) is 0.605. The van der Waals surface area contributed by atoms with E-state index in [9.17, 15) is 18.5 Å². The Bertz CT molecular complexity index is 624. The molecule has 1 aromatic rings. The molecule has 0 spiro atoms. The number of ether oxygens (including phenoxy) is 1. The lowest BCUT2D eigenvalue weighted by Gasteiger charge is -2.32. The molecule has 0 aliphatic carbocycles. The third kappa shape index (κ3) is 3.72. The maximum Gasteiger partial charge on any atom is 0.305 e. The first-order valence-electron chi connectivity index (χ1n) is 6.67. The van der Waals surface area contributed by atoms with E-state index in [4.69, 9.17) is 4.74 Å². The summed E-state index contributed by atoms with van der Waals surface area (Å²) in [5.41, 5.74) is -0.141. The van der Waals surface area contributed by atoms with Crippen molar-refractivity contribution in [3.63, 3.8) is 0 Å². The van der Waals surface area contributed by atoms with Crippen LogP contribution < -0.4 is 4.90 Å². The van der Waals surface area contributed by atoms with Gasteiger partial charge in [-0.1, -0.05) is 11.3 Å². The minimum Gasteiger partial charge on any atom is -0.377 e. The predicted molar refractivity (Wildman–Crippen MR) is 80.9 cm³/mol. The van der Waals surface area contributed by atoms with Crippen molar-refractivity contribution in [2.24, 2.45) is 0 Å². The van der Waals surface area contributed by atoms with Crippen molar-refractivity contribution in [1.82, 2.24) is 0 Å². The molecule has 9 heteroatoms. The van der Waals surface area contributed by atoms with Crippen molar-refractivity contribution < 1.29 is 18.1 Å². The second-order valence-electron chi connectivity index (χ2n) is 4.95. The molecule has 0 N–H and O–H groups in total. The standard InChI is InChI=1S/C12H18N2O5S2/c1-3-19-9-5-4-6-13(8-9)12-10(14(15)16)7-11(20-12)21(2,17)18/h7,9H,3-6,8H2,1-2H3. The Morgan fingerprint density at radius 2 is 2.29 bits per heavy atom. The molecule has 1 unspecified atom stereocenters. The Morgan fingerprint density at radius 3 is 2.86 bits per heavy atom. The largest absolute Gasteiger partial charge is 0.377 e. The molecule has 21 heavy (non-hydrogen) atoms. The van der Waals surface area contributed by atoms with E-state index in [2.05, 4.69) is 0 Å². The van der Waals surface area contributed by atoms with Crippen molar-refractivity contribution in [1.29, 1.82) is 0 Å². The Balaban J connectivity index is 2.33. The van der Waals surface area contributed by atoms with E-state index in [0.29, 0.717) is 24.7 Å². The van der Waals surface area contributed by atoms with Crippen molar-refractivity contribution in [2.75, 3.05) is 30.9 Å². The van der Waals surface area contributed by atoms with Crippen molar-refractivity contribution in [3.05, 3.63) is 16.2 Å². The van der Waals surface area contributed by atoms with Crippen LogP contribution in [-0.2, 0) is 14.6 Å². The predicted octanol–water partition coefficient (Wildman–Crippen LogP) is 2.07. The van der Waals surface area contributed by atoms with Crippen LogP contribution in [0.5, 0.6) is 0 Å². The van der Waals surface area contributed by atoms with E-state index in [0.717, 1.165) is 36.5 Å². The Hall–Kier alpha value is -1.19. The average Bonchev–Trinajstić information content (AvgIpc) is 2.84. The Morgan fingerprint density at radius 1 is 1.57 bits per heavy atom. The summed E-state index contributed by atoms with van der Waals surface area (Å²) in [6.07, 6.45) is 2.88. The van der Waals surface area contributed by atoms with Gasteiger partial charge < -0.3 is 9.64 Å². The molecule has 1 aliphatic rings. The fraction of sp³-hybridized carbons (Fsp3) is 0.667. The first-order chi connectivity index (χ1) is 9.82. The number of hydrogen-bond acceptors (Lipinski definition) is 7. The number of rotatable bonds is 5. The van der Waals surface area contributed by atoms with Crippen LogP contribution in [0.1, 0.15) is 19.8 Å². The van der Waals surface area contributed by atoms with Gasteiger partial charge in [0.05, 0.1) is 11.0 Å². The summed E-state index contributed by atoms with van der Waals surface area (Å²) in [5, 5.41) is 11.6. The molecule has 0 bridgehead atoms. The average molecular weight is 334 g/mol. The van der Waals surface area contributed by atoms with Crippen LogP contribution in [0.4, 0.5) is 10.7 Å². The van der Waals surface area contributed by atoms with Crippen LogP contribution in [0, 0.1) is 10.1 Å². The molecule has 7 nitrogen and oxygen atoms in total. The molecule has 1 saturated heterocycles. The zero-order valence-electron chi connectivity index (χ0n) is 11.9. The molecule has 0 amide bonds. The van der Waals surface area contributed by atoms with Crippen LogP contribution in [0.25, 0.3) is 0 Å². The first kappa shape index (κ1) is 16.2. The summed E-state index contributed by atoms with van der Waals surface area (Å²) in [7, 11) is -3.44. The molecule has 1 fully saturated rings. The molecule has 1 aromatic heterocycles. The second kappa shape index (κ2) is 6.29. The maximum absolute atomic E-state index is 11.6. The first-order valence-corrected chi connectivity index (χ1v) is 9.38. The molecule has 2 rings (SSSR count). The summed E-state index contributed by atoms with van der Waals surface area (Å²) < 4.78 is 28.8. The Kier molecular flexibility index (Phi) is 4.84. The van der Waals surface area contributed by atoms with Gasteiger partial charge in [0.2, 0.25) is 0 Å². The lowest BCUT2D eigenvalue weighted by molar-refractivity contribution is -0.383. The summed E-state index contributed by atoms with van der Waals surface area (Å²) in [6.45, 7) is 3.74. The van der Waals surface area contributed by atoms with Gasteiger partial charge in [0.25, 0.3) is 0 Å². The summed E-state index contributed by atoms with van der Waals surface area (Å²) in [5.74, 6) is 0.